The second-order valence-corrected chi connectivity index (χ2v) is 6.07. The second-order valence-electron chi connectivity index (χ2n) is 5.13. The van der Waals surface area contributed by atoms with Crippen LogP contribution in [0.3, 0.4) is 0 Å². The molecular weight excluding hydrogens is 345 g/mol. The monoisotopic (exact) mass is 359 g/mol. The van der Waals surface area contributed by atoms with Crippen LogP contribution >= 0.6 is 11.8 Å². The van der Waals surface area contributed by atoms with Gasteiger partial charge in [-0.15, -0.1) is 10.2 Å². The Hall–Kier alpha value is -2.78. The van der Waals surface area contributed by atoms with E-state index >= 15 is 0 Å². The summed E-state index contributed by atoms with van der Waals surface area (Å²) in [6, 6.07) is 12.3. The average Bonchev–Trinajstić information content (AvgIpc) is 3.04. The summed E-state index contributed by atoms with van der Waals surface area (Å²) in [4.78, 5) is 10.3. The number of nitro groups is 1. The molecule has 0 amide bonds. The largest absolute Gasteiger partial charge is 0.324 e. The van der Waals surface area contributed by atoms with E-state index in [4.69, 9.17) is 5.73 Å². The topological polar surface area (TPSA) is 99.9 Å². The van der Waals surface area contributed by atoms with Gasteiger partial charge in [-0.3, -0.25) is 14.7 Å². The van der Waals surface area contributed by atoms with Gasteiger partial charge in [0, 0.05) is 23.6 Å². The normalized spacial score (nSPS) is 10.8. The molecular formula is C16H14FN5O2S. The van der Waals surface area contributed by atoms with Crippen LogP contribution < -0.4 is 5.73 Å². The average molecular weight is 359 g/mol. The van der Waals surface area contributed by atoms with E-state index in [2.05, 4.69) is 10.2 Å². The van der Waals surface area contributed by atoms with Crippen LogP contribution in [0.5, 0.6) is 0 Å². The lowest BCUT2D eigenvalue weighted by atomic mass is 10.2. The van der Waals surface area contributed by atoms with Gasteiger partial charge < -0.3 is 5.73 Å². The van der Waals surface area contributed by atoms with Crippen LogP contribution in [0.4, 0.5) is 10.1 Å². The van der Waals surface area contributed by atoms with Crippen molar-refractivity contribution in [1.82, 2.24) is 14.8 Å². The van der Waals surface area contributed by atoms with Crippen molar-refractivity contribution < 1.29 is 9.31 Å². The summed E-state index contributed by atoms with van der Waals surface area (Å²) in [6.45, 7) is 0.182. The lowest BCUT2D eigenvalue weighted by molar-refractivity contribution is -0.384. The first-order chi connectivity index (χ1) is 12.1. The van der Waals surface area contributed by atoms with E-state index in [1.807, 2.05) is 0 Å². The van der Waals surface area contributed by atoms with Crippen LogP contribution in [0.1, 0.15) is 11.4 Å². The third kappa shape index (κ3) is 3.83. The molecule has 9 heteroatoms. The Kier molecular flexibility index (Phi) is 5.05. The van der Waals surface area contributed by atoms with E-state index in [9.17, 15) is 14.5 Å². The number of nitrogens with zero attached hydrogens (tertiary/aromatic N) is 4. The number of aromatic nitrogens is 3. The number of hydrogen-bond donors (Lipinski definition) is 1. The van der Waals surface area contributed by atoms with Gasteiger partial charge in [0.05, 0.1) is 11.5 Å². The lowest BCUT2D eigenvalue weighted by Gasteiger charge is -2.09. The van der Waals surface area contributed by atoms with Gasteiger partial charge in [0.25, 0.3) is 5.69 Å². The van der Waals surface area contributed by atoms with Gasteiger partial charge >= 0.3 is 0 Å². The summed E-state index contributed by atoms with van der Waals surface area (Å²) < 4.78 is 14.7. The molecule has 0 unspecified atom stereocenters. The Labute approximate surface area is 146 Å². The first kappa shape index (κ1) is 17.1. The highest BCUT2D eigenvalue weighted by Gasteiger charge is 2.15. The van der Waals surface area contributed by atoms with Crippen molar-refractivity contribution in [2.75, 3.05) is 0 Å². The minimum Gasteiger partial charge on any atom is -0.324 e. The summed E-state index contributed by atoms with van der Waals surface area (Å²) >= 11 is 1.43. The molecule has 0 fully saturated rings. The van der Waals surface area contributed by atoms with Crippen molar-refractivity contribution in [2.24, 2.45) is 5.73 Å². The lowest BCUT2D eigenvalue weighted by Crippen LogP contribution is -2.07. The third-order valence-corrected chi connectivity index (χ3v) is 4.48. The van der Waals surface area contributed by atoms with E-state index in [1.54, 1.807) is 28.8 Å². The Morgan fingerprint density at radius 2 is 1.80 bits per heavy atom. The number of benzene rings is 2. The highest BCUT2D eigenvalue weighted by atomic mass is 32.2. The van der Waals surface area contributed by atoms with E-state index < -0.39 is 4.92 Å². The molecule has 0 radical (unpaired) electrons. The zero-order valence-electron chi connectivity index (χ0n) is 13.0. The van der Waals surface area contributed by atoms with Gasteiger partial charge in [0.2, 0.25) is 0 Å². The standard InChI is InChI=1S/C16H14FN5O2S/c17-12-3-1-11(2-4-12)10-25-16-20-19-15(9-18)21(16)13-5-7-14(8-6-13)22(23)24/h1-8H,9-10,18H2. The van der Waals surface area contributed by atoms with Crippen LogP contribution in [0.15, 0.2) is 53.7 Å². The maximum atomic E-state index is 13.0. The van der Waals surface area contributed by atoms with E-state index in [0.717, 1.165) is 5.56 Å². The SMILES string of the molecule is NCc1nnc(SCc2ccc(F)cc2)n1-c1ccc([N+](=O)[O-])cc1. The predicted molar refractivity (Wildman–Crippen MR) is 91.9 cm³/mol. The van der Waals surface area contributed by atoms with Crippen LogP contribution in [0.2, 0.25) is 0 Å². The summed E-state index contributed by atoms with van der Waals surface area (Å²) in [5, 5.41) is 19.6. The smallest absolute Gasteiger partial charge is 0.269 e. The highest BCUT2D eigenvalue weighted by molar-refractivity contribution is 7.98. The number of halogens is 1. The van der Waals surface area contributed by atoms with Crippen molar-refractivity contribution in [3.05, 3.63) is 75.9 Å². The number of nitro benzene ring substituents is 1. The van der Waals surface area contributed by atoms with Crippen molar-refractivity contribution in [1.29, 1.82) is 0 Å². The molecule has 1 aromatic heterocycles. The van der Waals surface area contributed by atoms with Crippen molar-refractivity contribution >= 4 is 17.4 Å². The Morgan fingerprint density at radius 1 is 1.12 bits per heavy atom. The van der Waals surface area contributed by atoms with E-state index in [0.29, 0.717) is 22.4 Å². The molecule has 0 aliphatic rings. The molecule has 3 rings (SSSR count). The first-order valence-corrected chi connectivity index (χ1v) is 8.33. The van der Waals surface area contributed by atoms with E-state index in [-0.39, 0.29) is 18.0 Å². The molecule has 0 aliphatic heterocycles. The zero-order chi connectivity index (χ0) is 17.8. The fourth-order valence-electron chi connectivity index (χ4n) is 2.24. The van der Waals surface area contributed by atoms with Crippen molar-refractivity contribution in [3.63, 3.8) is 0 Å². The zero-order valence-corrected chi connectivity index (χ0v) is 13.8. The molecule has 0 saturated heterocycles. The number of rotatable bonds is 6. The number of non-ortho nitro benzene ring substituents is 1. The molecule has 2 aromatic carbocycles. The first-order valence-electron chi connectivity index (χ1n) is 7.35. The van der Waals surface area contributed by atoms with Crippen molar-refractivity contribution in [2.45, 2.75) is 17.5 Å². The van der Waals surface area contributed by atoms with Gasteiger partial charge in [0.15, 0.2) is 11.0 Å². The summed E-state index contributed by atoms with van der Waals surface area (Å²) in [7, 11) is 0. The molecule has 0 bridgehead atoms. The van der Waals surface area contributed by atoms with Gasteiger partial charge in [-0.1, -0.05) is 23.9 Å². The summed E-state index contributed by atoms with van der Waals surface area (Å²) in [5.41, 5.74) is 7.36. The minimum atomic E-state index is -0.454. The Morgan fingerprint density at radius 3 is 2.40 bits per heavy atom. The molecule has 25 heavy (non-hydrogen) atoms. The van der Waals surface area contributed by atoms with Gasteiger partial charge in [-0.25, -0.2) is 4.39 Å². The predicted octanol–water partition coefficient (Wildman–Crippen LogP) is 3.07. The maximum Gasteiger partial charge on any atom is 0.269 e. The fraction of sp³-hybridized carbons (Fsp3) is 0.125. The molecule has 0 aliphatic carbocycles. The van der Waals surface area contributed by atoms with Crippen molar-refractivity contribution in [3.8, 4) is 5.69 Å². The molecule has 0 saturated carbocycles. The van der Waals surface area contributed by atoms with Crippen LogP contribution in [0, 0.1) is 15.9 Å². The second kappa shape index (κ2) is 7.41. The highest BCUT2D eigenvalue weighted by Crippen LogP contribution is 2.26. The van der Waals surface area contributed by atoms with E-state index in [1.165, 1.54) is 36.0 Å². The van der Waals surface area contributed by atoms with Crippen LogP contribution in [-0.2, 0) is 12.3 Å². The Bertz CT molecular complexity index is 881. The summed E-state index contributed by atoms with van der Waals surface area (Å²) in [5.74, 6) is 0.847. The molecule has 128 valence electrons. The number of hydrogen-bond acceptors (Lipinski definition) is 6. The van der Waals surface area contributed by atoms with Gasteiger partial charge in [-0.2, -0.15) is 0 Å². The maximum absolute atomic E-state index is 13.0. The molecule has 7 nitrogen and oxygen atoms in total. The van der Waals surface area contributed by atoms with Crippen LogP contribution in [0.25, 0.3) is 5.69 Å². The summed E-state index contributed by atoms with van der Waals surface area (Å²) in [6.07, 6.45) is 0. The molecule has 3 aromatic rings. The third-order valence-electron chi connectivity index (χ3n) is 3.48. The molecule has 0 spiro atoms. The quantitative estimate of drug-likeness (QED) is 0.412. The minimum absolute atomic E-state index is 0.00615. The molecule has 2 N–H and O–H groups in total. The van der Waals surface area contributed by atoms with Crippen LogP contribution in [-0.4, -0.2) is 19.7 Å². The molecule has 0 atom stereocenters. The number of nitrogens with two attached hydrogens (primary N) is 1. The fourth-order valence-corrected chi connectivity index (χ4v) is 3.16. The number of thioether (sulfide) groups is 1. The van der Waals surface area contributed by atoms with Gasteiger partial charge in [-0.05, 0) is 29.8 Å². The Balaban J connectivity index is 1.86. The van der Waals surface area contributed by atoms with Gasteiger partial charge in [0.1, 0.15) is 5.82 Å². The molecule has 1 heterocycles.